The lowest BCUT2D eigenvalue weighted by molar-refractivity contribution is -0.0436. The number of alkyl halides is 3. The van der Waals surface area contributed by atoms with Crippen molar-refractivity contribution in [2.75, 3.05) is 14.2 Å². The third kappa shape index (κ3) is 3.39. The van der Waals surface area contributed by atoms with E-state index in [1.807, 2.05) is 12.1 Å². The Labute approximate surface area is 172 Å². The summed E-state index contributed by atoms with van der Waals surface area (Å²) in [6, 6.07) is 10.4. The molecule has 30 heavy (non-hydrogen) atoms. The topological polar surface area (TPSA) is 52.6 Å². The molecule has 0 radical (unpaired) electrons. The van der Waals surface area contributed by atoms with Gasteiger partial charge < -0.3 is 9.47 Å². The van der Waals surface area contributed by atoms with E-state index in [1.54, 1.807) is 20.3 Å². The van der Waals surface area contributed by atoms with Crippen LogP contribution < -0.4 is 9.47 Å². The summed E-state index contributed by atoms with van der Waals surface area (Å²) in [5.74, 6) is 1.16. The van der Waals surface area contributed by atoms with Crippen molar-refractivity contribution in [1.29, 1.82) is 0 Å². The van der Waals surface area contributed by atoms with Crippen LogP contribution in [0, 0.1) is 5.41 Å². The first-order valence-electron chi connectivity index (χ1n) is 9.20. The van der Waals surface area contributed by atoms with E-state index in [4.69, 9.17) is 9.47 Å². The smallest absolute Gasteiger partial charge is 0.493 e. The monoisotopic (exact) mass is 436 g/mol. The highest BCUT2D eigenvalue weighted by Gasteiger charge is 2.47. The Morgan fingerprint density at radius 2 is 1.37 bits per heavy atom. The Kier molecular flexibility index (Phi) is 4.73. The summed E-state index contributed by atoms with van der Waals surface area (Å²) in [5, 5.41) is 0. The molecule has 2 aromatic rings. The van der Waals surface area contributed by atoms with Crippen molar-refractivity contribution in [3.8, 4) is 11.5 Å². The molecule has 0 aliphatic heterocycles. The predicted octanol–water partition coefficient (Wildman–Crippen LogP) is 5.26. The molecule has 0 N–H and O–H groups in total. The fourth-order valence-electron chi connectivity index (χ4n) is 3.63. The maximum atomic E-state index is 12.8. The number of hydrogen-bond acceptors (Lipinski definition) is 4. The van der Waals surface area contributed by atoms with Crippen LogP contribution in [0.3, 0.4) is 0 Å². The normalized spacial score (nSPS) is 17.5. The number of allylic oxidation sites excluding steroid dienone is 4. The molecule has 0 aromatic heterocycles. The van der Waals surface area contributed by atoms with Gasteiger partial charge in [-0.15, -0.1) is 0 Å². The van der Waals surface area contributed by atoms with Crippen molar-refractivity contribution in [2.45, 2.75) is 23.2 Å². The predicted molar refractivity (Wildman–Crippen MR) is 107 cm³/mol. The maximum Gasteiger partial charge on any atom is 0.501 e. The number of sulfone groups is 1. The first-order chi connectivity index (χ1) is 14.1. The fourth-order valence-corrected chi connectivity index (χ4v) is 4.40. The van der Waals surface area contributed by atoms with Gasteiger partial charge in [0.2, 0.25) is 0 Å². The third-order valence-electron chi connectivity index (χ3n) is 5.46. The lowest BCUT2D eigenvalue weighted by atomic mass is 9.95. The molecule has 2 aliphatic rings. The molecule has 0 amide bonds. The van der Waals surface area contributed by atoms with E-state index in [9.17, 15) is 21.6 Å². The van der Waals surface area contributed by atoms with Crippen LogP contribution in [0.15, 0.2) is 59.5 Å². The molecule has 1 fully saturated rings. The molecule has 4 nitrogen and oxygen atoms in total. The molecular weight excluding hydrogens is 417 g/mol. The Balaban J connectivity index is 1.73. The number of ether oxygens (including phenoxy) is 2. The van der Waals surface area contributed by atoms with Gasteiger partial charge in [-0.2, -0.15) is 13.2 Å². The first-order valence-corrected chi connectivity index (χ1v) is 10.7. The molecule has 2 aliphatic carbocycles. The van der Waals surface area contributed by atoms with Crippen LogP contribution >= 0.6 is 0 Å². The summed E-state index contributed by atoms with van der Waals surface area (Å²) < 4.78 is 72.4. The van der Waals surface area contributed by atoms with Crippen molar-refractivity contribution in [3.63, 3.8) is 0 Å². The van der Waals surface area contributed by atoms with E-state index in [0.717, 1.165) is 41.7 Å². The van der Waals surface area contributed by atoms with Crippen LogP contribution in [0.25, 0.3) is 11.1 Å². The van der Waals surface area contributed by atoms with E-state index in [2.05, 4.69) is 12.2 Å². The van der Waals surface area contributed by atoms with Gasteiger partial charge in [0.05, 0.1) is 19.1 Å². The van der Waals surface area contributed by atoms with Gasteiger partial charge in [-0.25, -0.2) is 8.42 Å². The quantitative estimate of drug-likeness (QED) is 0.642. The van der Waals surface area contributed by atoms with Gasteiger partial charge in [-0.1, -0.05) is 30.4 Å². The third-order valence-corrected chi connectivity index (χ3v) is 6.96. The molecule has 2 aromatic carbocycles. The lowest BCUT2D eigenvalue weighted by Gasteiger charge is -2.14. The van der Waals surface area contributed by atoms with Gasteiger partial charge in [-0.05, 0) is 59.4 Å². The van der Waals surface area contributed by atoms with Gasteiger partial charge >= 0.3 is 5.51 Å². The fraction of sp³-hybridized carbons (Fsp3) is 0.273. The summed E-state index contributed by atoms with van der Waals surface area (Å²) in [4.78, 5) is -0.768. The molecule has 0 bridgehead atoms. The summed E-state index contributed by atoms with van der Waals surface area (Å²) in [6.07, 6.45) is 6.25. The minimum absolute atomic E-state index is 0.0471. The summed E-state index contributed by atoms with van der Waals surface area (Å²) in [5.41, 5.74) is -2.05. The average molecular weight is 436 g/mol. The van der Waals surface area contributed by atoms with E-state index >= 15 is 0 Å². The van der Waals surface area contributed by atoms with Crippen LogP contribution in [0.1, 0.15) is 24.0 Å². The van der Waals surface area contributed by atoms with Crippen molar-refractivity contribution in [2.24, 2.45) is 5.41 Å². The number of benzene rings is 2. The maximum absolute atomic E-state index is 12.8. The molecule has 4 rings (SSSR count). The van der Waals surface area contributed by atoms with E-state index in [1.165, 1.54) is 12.1 Å². The summed E-state index contributed by atoms with van der Waals surface area (Å²) in [6.45, 7) is 0. The highest BCUT2D eigenvalue weighted by atomic mass is 32.2. The molecule has 158 valence electrons. The van der Waals surface area contributed by atoms with Gasteiger partial charge in [0, 0.05) is 5.41 Å². The van der Waals surface area contributed by atoms with E-state index in [0.29, 0.717) is 17.1 Å². The first kappa shape index (κ1) is 20.5. The Morgan fingerprint density at radius 1 is 0.833 bits per heavy atom. The number of halogens is 3. The Bertz CT molecular complexity index is 1160. The Hall–Kier alpha value is -2.74. The van der Waals surface area contributed by atoms with Crippen molar-refractivity contribution >= 4 is 21.0 Å². The highest BCUT2D eigenvalue weighted by molar-refractivity contribution is 7.92. The van der Waals surface area contributed by atoms with Crippen molar-refractivity contribution in [1.82, 2.24) is 0 Å². The second-order valence-electron chi connectivity index (χ2n) is 7.39. The molecule has 1 spiro atoms. The van der Waals surface area contributed by atoms with Crippen LogP contribution in [0.5, 0.6) is 11.5 Å². The lowest BCUT2D eigenvalue weighted by Crippen LogP contribution is -2.23. The molecular formula is C22H19F3O4S. The van der Waals surface area contributed by atoms with E-state index < -0.39 is 20.2 Å². The second-order valence-corrected chi connectivity index (χ2v) is 9.33. The zero-order chi connectivity index (χ0) is 21.7. The SMILES string of the molecule is COc1ccc(C2=CC3(C=C2c2ccc(S(=O)(=O)C(F)(F)F)cc2)CC3)cc1OC. The minimum Gasteiger partial charge on any atom is -0.493 e. The van der Waals surface area contributed by atoms with Crippen LogP contribution in [0.2, 0.25) is 0 Å². The number of rotatable bonds is 5. The largest absolute Gasteiger partial charge is 0.501 e. The Morgan fingerprint density at radius 3 is 1.87 bits per heavy atom. The van der Waals surface area contributed by atoms with Gasteiger partial charge in [-0.3, -0.25) is 0 Å². The molecule has 1 saturated carbocycles. The van der Waals surface area contributed by atoms with Crippen molar-refractivity contribution in [3.05, 3.63) is 65.7 Å². The van der Waals surface area contributed by atoms with Crippen LogP contribution in [0.4, 0.5) is 13.2 Å². The molecule has 0 atom stereocenters. The molecule has 0 heterocycles. The van der Waals surface area contributed by atoms with Gasteiger partial charge in [0.25, 0.3) is 9.84 Å². The van der Waals surface area contributed by atoms with Crippen molar-refractivity contribution < 1.29 is 31.1 Å². The van der Waals surface area contributed by atoms with Gasteiger partial charge in [0.1, 0.15) is 0 Å². The standard InChI is InChI=1S/C22H19F3O4S/c1-28-19-8-5-15(11-20(19)29-2)18-13-21(9-10-21)12-17(18)14-3-6-16(7-4-14)30(26,27)22(23,24)25/h3-8,11-13H,9-10H2,1-2H3. The zero-order valence-electron chi connectivity index (χ0n) is 16.3. The number of hydrogen-bond donors (Lipinski definition) is 0. The highest BCUT2D eigenvalue weighted by Crippen LogP contribution is 2.58. The average Bonchev–Trinajstić information content (AvgIpc) is 3.37. The zero-order valence-corrected chi connectivity index (χ0v) is 17.1. The number of methoxy groups -OCH3 is 2. The van der Waals surface area contributed by atoms with E-state index in [-0.39, 0.29) is 5.41 Å². The van der Waals surface area contributed by atoms with Gasteiger partial charge in [0.15, 0.2) is 11.5 Å². The molecule has 0 saturated heterocycles. The molecule has 8 heteroatoms. The molecule has 0 unspecified atom stereocenters. The summed E-state index contributed by atoms with van der Waals surface area (Å²) >= 11 is 0. The van der Waals surface area contributed by atoms with Crippen LogP contribution in [-0.4, -0.2) is 28.1 Å². The van der Waals surface area contributed by atoms with Crippen LogP contribution in [-0.2, 0) is 9.84 Å². The summed E-state index contributed by atoms with van der Waals surface area (Å²) in [7, 11) is -2.28. The minimum atomic E-state index is -5.37. The second kappa shape index (κ2) is 6.91.